The van der Waals surface area contributed by atoms with Crippen LogP contribution in [0.5, 0.6) is 0 Å². The second-order valence-corrected chi connectivity index (χ2v) is 5.35. The summed E-state index contributed by atoms with van der Waals surface area (Å²) >= 11 is 4.60. The number of nitrogens with one attached hydrogen (secondary N) is 1. The summed E-state index contributed by atoms with van der Waals surface area (Å²) < 4.78 is 0.947. The van der Waals surface area contributed by atoms with Gasteiger partial charge in [0.1, 0.15) is 6.04 Å². The highest BCUT2D eigenvalue weighted by atomic mass is 79.9. The van der Waals surface area contributed by atoms with Gasteiger partial charge in [-0.2, -0.15) is 0 Å². The highest BCUT2D eigenvalue weighted by molar-refractivity contribution is 9.10. The van der Waals surface area contributed by atoms with Crippen molar-refractivity contribution in [3.8, 4) is 0 Å². The molecule has 5 nitrogen and oxygen atoms in total. The lowest BCUT2D eigenvalue weighted by atomic mass is 10.3. The smallest absolute Gasteiger partial charge is 0.328 e. The van der Waals surface area contributed by atoms with Crippen LogP contribution >= 0.6 is 27.7 Å². The largest absolute Gasteiger partial charge is 0.480 e. The number of halogens is 1. The normalized spacial score (nSPS) is 11.9. The third-order valence-corrected chi connectivity index (χ3v) is 3.54. The van der Waals surface area contributed by atoms with Crippen LogP contribution in [0, 0.1) is 0 Å². The molecule has 1 aromatic carbocycles. The van der Waals surface area contributed by atoms with Gasteiger partial charge in [0.25, 0.3) is 0 Å². The standard InChI is InChI=1S/C11H12BrNO4S/c12-7-1-3-8(4-2-7)18-6-10(15)13-9(5-14)11(16)17/h1-4,9,14H,5-6H2,(H,13,15)(H,16,17)/t9-/m0/s1. The second kappa shape index (κ2) is 7.40. The molecule has 1 amide bonds. The number of aliphatic hydroxyl groups is 1. The van der Waals surface area contributed by atoms with Gasteiger partial charge in [0.05, 0.1) is 12.4 Å². The minimum atomic E-state index is -1.25. The highest BCUT2D eigenvalue weighted by Crippen LogP contribution is 2.20. The third-order valence-electron chi connectivity index (χ3n) is 2.00. The molecule has 0 heterocycles. The maximum Gasteiger partial charge on any atom is 0.328 e. The lowest BCUT2D eigenvalue weighted by Crippen LogP contribution is -2.44. The van der Waals surface area contributed by atoms with E-state index in [1.165, 1.54) is 11.8 Å². The van der Waals surface area contributed by atoms with Gasteiger partial charge in [-0.3, -0.25) is 4.79 Å². The Balaban J connectivity index is 2.41. The summed E-state index contributed by atoms with van der Waals surface area (Å²) in [5.41, 5.74) is 0. The molecule has 7 heteroatoms. The average Bonchev–Trinajstić information content (AvgIpc) is 2.35. The molecule has 0 aliphatic carbocycles. The van der Waals surface area contributed by atoms with E-state index in [9.17, 15) is 9.59 Å². The van der Waals surface area contributed by atoms with Gasteiger partial charge in [0.15, 0.2) is 0 Å². The molecule has 0 aliphatic rings. The van der Waals surface area contributed by atoms with E-state index < -0.39 is 24.5 Å². The lowest BCUT2D eigenvalue weighted by molar-refractivity contribution is -0.142. The second-order valence-electron chi connectivity index (χ2n) is 3.38. The summed E-state index contributed by atoms with van der Waals surface area (Å²) in [7, 11) is 0. The van der Waals surface area contributed by atoms with E-state index in [0.717, 1.165) is 9.37 Å². The first-order valence-electron chi connectivity index (χ1n) is 5.04. The number of carboxylic acid groups (broad SMARTS) is 1. The Morgan fingerprint density at radius 2 is 1.94 bits per heavy atom. The van der Waals surface area contributed by atoms with Gasteiger partial charge >= 0.3 is 5.97 Å². The molecule has 1 aromatic rings. The van der Waals surface area contributed by atoms with Gasteiger partial charge < -0.3 is 15.5 Å². The summed E-state index contributed by atoms with van der Waals surface area (Å²) in [6.45, 7) is -0.621. The molecule has 0 spiro atoms. The van der Waals surface area contributed by atoms with E-state index in [-0.39, 0.29) is 5.75 Å². The number of carbonyl (C=O) groups is 2. The lowest BCUT2D eigenvalue weighted by Gasteiger charge is -2.11. The van der Waals surface area contributed by atoms with Gasteiger partial charge in [0.2, 0.25) is 5.91 Å². The monoisotopic (exact) mass is 333 g/mol. The van der Waals surface area contributed by atoms with Crippen molar-refractivity contribution in [2.24, 2.45) is 0 Å². The van der Waals surface area contributed by atoms with E-state index in [4.69, 9.17) is 10.2 Å². The van der Waals surface area contributed by atoms with Crippen molar-refractivity contribution < 1.29 is 19.8 Å². The summed E-state index contributed by atoms with van der Waals surface area (Å²) in [5.74, 6) is -1.57. The van der Waals surface area contributed by atoms with Crippen LogP contribution in [-0.4, -0.2) is 40.5 Å². The maximum atomic E-state index is 11.4. The van der Waals surface area contributed by atoms with Crippen LogP contribution in [0.1, 0.15) is 0 Å². The average molecular weight is 334 g/mol. The number of carboxylic acids is 1. The quantitative estimate of drug-likeness (QED) is 0.679. The van der Waals surface area contributed by atoms with Crippen LogP contribution < -0.4 is 5.32 Å². The topological polar surface area (TPSA) is 86.6 Å². The van der Waals surface area contributed by atoms with Crippen molar-refractivity contribution in [1.82, 2.24) is 5.32 Å². The molecule has 0 aromatic heterocycles. The number of rotatable bonds is 6. The van der Waals surface area contributed by atoms with Gasteiger partial charge in [-0.15, -0.1) is 11.8 Å². The molecule has 18 heavy (non-hydrogen) atoms. The minimum Gasteiger partial charge on any atom is -0.480 e. The number of aliphatic hydroxyl groups excluding tert-OH is 1. The molecule has 1 rings (SSSR count). The van der Waals surface area contributed by atoms with Crippen molar-refractivity contribution in [3.05, 3.63) is 28.7 Å². The molecule has 0 bridgehead atoms. The summed E-state index contributed by atoms with van der Waals surface area (Å²) in [6, 6.07) is 6.16. The minimum absolute atomic E-state index is 0.103. The van der Waals surface area contributed by atoms with Crippen molar-refractivity contribution >= 4 is 39.6 Å². The molecular formula is C11H12BrNO4S. The van der Waals surface area contributed by atoms with Crippen LogP contribution in [0.2, 0.25) is 0 Å². The van der Waals surface area contributed by atoms with Gasteiger partial charge in [-0.05, 0) is 24.3 Å². The molecule has 98 valence electrons. The Labute approximate surface area is 117 Å². The number of carbonyl (C=O) groups excluding carboxylic acids is 1. The van der Waals surface area contributed by atoms with Crippen LogP contribution in [-0.2, 0) is 9.59 Å². The Bertz CT molecular complexity index is 424. The SMILES string of the molecule is O=C(CSc1ccc(Br)cc1)N[C@@H](CO)C(=O)O. The van der Waals surface area contributed by atoms with Crippen LogP contribution in [0.3, 0.4) is 0 Å². The van der Waals surface area contributed by atoms with E-state index in [1.807, 2.05) is 24.3 Å². The molecule has 0 aliphatic heterocycles. The predicted octanol–water partition coefficient (Wildman–Crippen LogP) is 1.10. The molecule has 0 saturated heterocycles. The number of hydrogen-bond acceptors (Lipinski definition) is 4. The predicted molar refractivity (Wildman–Crippen MR) is 71.5 cm³/mol. The molecule has 0 fully saturated rings. The molecule has 1 atom stereocenters. The number of benzene rings is 1. The Morgan fingerprint density at radius 1 is 1.33 bits per heavy atom. The number of hydrogen-bond donors (Lipinski definition) is 3. The number of aliphatic carboxylic acids is 1. The van der Waals surface area contributed by atoms with Crippen LogP contribution in [0.15, 0.2) is 33.6 Å². The van der Waals surface area contributed by atoms with Gasteiger partial charge in [-0.1, -0.05) is 15.9 Å². The molecular weight excluding hydrogens is 322 g/mol. The highest BCUT2D eigenvalue weighted by Gasteiger charge is 2.18. The van der Waals surface area contributed by atoms with E-state index in [2.05, 4.69) is 21.2 Å². The first-order chi connectivity index (χ1) is 8.52. The van der Waals surface area contributed by atoms with Gasteiger partial charge in [0, 0.05) is 9.37 Å². The third kappa shape index (κ3) is 5.07. The molecule has 3 N–H and O–H groups in total. The van der Waals surface area contributed by atoms with Crippen LogP contribution in [0.25, 0.3) is 0 Å². The number of thioether (sulfide) groups is 1. The summed E-state index contributed by atoms with van der Waals surface area (Å²) in [6.07, 6.45) is 0. The van der Waals surface area contributed by atoms with Crippen LogP contribution in [0.4, 0.5) is 0 Å². The van der Waals surface area contributed by atoms with Crippen molar-refractivity contribution in [1.29, 1.82) is 0 Å². The Hall–Kier alpha value is -1.05. The fourth-order valence-electron chi connectivity index (χ4n) is 1.10. The fraction of sp³-hybridized carbons (Fsp3) is 0.273. The molecule has 0 radical (unpaired) electrons. The zero-order valence-electron chi connectivity index (χ0n) is 9.30. The zero-order valence-corrected chi connectivity index (χ0v) is 11.7. The van der Waals surface area contributed by atoms with E-state index in [1.54, 1.807) is 0 Å². The summed E-state index contributed by atoms with van der Waals surface area (Å²) in [5, 5.41) is 19.6. The Morgan fingerprint density at radius 3 is 2.44 bits per heavy atom. The zero-order chi connectivity index (χ0) is 13.5. The molecule has 0 unspecified atom stereocenters. The van der Waals surface area contributed by atoms with E-state index in [0.29, 0.717) is 0 Å². The Kier molecular flexibility index (Phi) is 6.17. The maximum absolute atomic E-state index is 11.4. The van der Waals surface area contributed by atoms with Crippen molar-refractivity contribution in [2.45, 2.75) is 10.9 Å². The first kappa shape index (κ1) is 15.0. The van der Waals surface area contributed by atoms with E-state index >= 15 is 0 Å². The molecule has 0 saturated carbocycles. The van der Waals surface area contributed by atoms with Crippen molar-refractivity contribution in [3.63, 3.8) is 0 Å². The fourth-order valence-corrected chi connectivity index (χ4v) is 2.08. The van der Waals surface area contributed by atoms with Crippen molar-refractivity contribution in [2.75, 3.05) is 12.4 Å². The summed E-state index contributed by atoms with van der Waals surface area (Å²) in [4.78, 5) is 22.9. The first-order valence-corrected chi connectivity index (χ1v) is 6.82. The van der Waals surface area contributed by atoms with Gasteiger partial charge in [-0.25, -0.2) is 4.79 Å². The number of amides is 1.